The number of Topliss-reactive ketones (excluding diaryl/α,β-unsaturated/α-hetero) is 1. The molecule has 27 heavy (non-hydrogen) atoms. The van der Waals surface area contributed by atoms with Gasteiger partial charge in [-0.1, -0.05) is 35.9 Å². The monoisotopic (exact) mass is 381 g/mol. The molecule has 4 rings (SSSR count). The molecule has 2 N–H and O–H groups in total. The van der Waals surface area contributed by atoms with Crippen LogP contribution < -0.4 is 5.32 Å². The van der Waals surface area contributed by atoms with E-state index in [-0.39, 0.29) is 29.9 Å². The summed E-state index contributed by atoms with van der Waals surface area (Å²) in [7, 11) is 0. The maximum Gasteiger partial charge on any atom is 0.224 e. The van der Waals surface area contributed by atoms with Crippen LogP contribution in [0.3, 0.4) is 0 Å². The molecule has 3 aromatic rings. The summed E-state index contributed by atoms with van der Waals surface area (Å²) in [5.74, 6) is 0.702. The van der Waals surface area contributed by atoms with Crippen LogP contribution in [0.25, 0.3) is 11.0 Å². The van der Waals surface area contributed by atoms with E-state index in [2.05, 4.69) is 15.3 Å². The molecule has 0 spiro atoms. The summed E-state index contributed by atoms with van der Waals surface area (Å²) in [6.07, 6.45) is 1.03. The van der Waals surface area contributed by atoms with Crippen molar-refractivity contribution < 1.29 is 9.59 Å². The van der Waals surface area contributed by atoms with E-state index in [0.717, 1.165) is 28.8 Å². The molecule has 0 saturated heterocycles. The third-order valence-electron chi connectivity index (χ3n) is 5.02. The number of halogens is 1. The average Bonchev–Trinajstić information content (AvgIpc) is 3.35. The average molecular weight is 382 g/mol. The molecule has 1 aliphatic carbocycles. The first-order chi connectivity index (χ1) is 13.0. The van der Waals surface area contributed by atoms with E-state index in [1.807, 2.05) is 36.4 Å². The van der Waals surface area contributed by atoms with E-state index in [0.29, 0.717) is 5.02 Å². The van der Waals surface area contributed by atoms with Gasteiger partial charge in [0.05, 0.1) is 17.1 Å². The largest absolute Gasteiger partial charge is 0.346 e. The summed E-state index contributed by atoms with van der Waals surface area (Å²) in [6, 6.07) is 14.5. The number of nitrogens with one attached hydrogen (secondary N) is 2. The molecule has 5 nitrogen and oxygen atoms in total. The van der Waals surface area contributed by atoms with Crippen LogP contribution in [0.5, 0.6) is 0 Å². The Morgan fingerprint density at radius 2 is 1.96 bits per heavy atom. The second-order valence-corrected chi connectivity index (χ2v) is 7.52. The summed E-state index contributed by atoms with van der Waals surface area (Å²) in [4.78, 5) is 32.7. The van der Waals surface area contributed by atoms with E-state index in [1.54, 1.807) is 19.1 Å². The number of amides is 1. The Kier molecular flexibility index (Phi) is 4.70. The summed E-state index contributed by atoms with van der Waals surface area (Å²) in [5.41, 5.74) is 2.77. The van der Waals surface area contributed by atoms with Crippen molar-refractivity contribution in [3.05, 3.63) is 64.9 Å². The minimum Gasteiger partial charge on any atom is -0.346 e. The lowest BCUT2D eigenvalue weighted by Gasteiger charge is -2.13. The number of nitrogens with zero attached hydrogens (tertiary/aromatic N) is 1. The molecule has 1 fully saturated rings. The lowest BCUT2D eigenvalue weighted by atomic mass is 10.0. The third kappa shape index (κ3) is 3.88. The SMILES string of the molecule is CC(NC(=O)C1CC1c1nc2ccccc2[nH]1)C(=O)Cc1ccc(Cl)cc1. The Morgan fingerprint density at radius 3 is 2.70 bits per heavy atom. The van der Waals surface area contributed by atoms with Gasteiger partial charge in [-0.2, -0.15) is 0 Å². The van der Waals surface area contributed by atoms with Gasteiger partial charge in [0.1, 0.15) is 5.82 Å². The molecule has 0 radical (unpaired) electrons. The zero-order valence-corrected chi connectivity index (χ0v) is 15.7. The number of fused-ring (bicyclic) bond motifs is 1. The minimum absolute atomic E-state index is 0.0217. The first kappa shape index (κ1) is 17.7. The fourth-order valence-corrected chi connectivity index (χ4v) is 3.42. The number of aromatic amines is 1. The van der Waals surface area contributed by atoms with Crippen LogP contribution in [-0.2, 0) is 16.0 Å². The molecule has 3 atom stereocenters. The number of carbonyl (C=O) groups is 2. The van der Waals surface area contributed by atoms with Crippen molar-refractivity contribution in [2.24, 2.45) is 5.92 Å². The lowest BCUT2D eigenvalue weighted by molar-refractivity contribution is -0.128. The molecule has 0 aliphatic heterocycles. The first-order valence-corrected chi connectivity index (χ1v) is 9.41. The molecule has 1 aliphatic rings. The number of benzene rings is 2. The van der Waals surface area contributed by atoms with Crippen LogP contribution in [0, 0.1) is 5.92 Å². The molecule has 1 saturated carbocycles. The smallest absolute Gasteiger partial charge is 0.224 e. The minimum atomic E-state index is -0.523. The number of aromatic nitrogens is 2. The Bertz CT molecular complexity index is 963. The maximum atomic E-state index is 12.5. The van der Waals surface area contributed by atoms with Crippen LogP contribution in [0.1, 0.15) is 30.7 Å². The quantitative estimate of drug-likeness (QED) is 0.684. The second kappa shape index (κ2) is 7.16. The Labute approximate surface area is 162 Å². The molecular weight excluding hydrogens is 362 g/mol. The highest BCUT2D eigenvalue weighted by Gasteiger charge is 2.46. The summed E-state index contributed by atoms with van der Waals surface area (Å²) in [5, 5.41) is 3.49. The molecule has 1 heterocycles. The van der Waals surface area contributed by atoms with E-state index in [9.17, 15) is 9.59 Å². The highest BCUT2D eigenvalue weighted by molar-refractivity contribution is 6.30. The summed E-state index contributed by atoms with van der Waals surface area (Å²) < 4.78 is 0. The molecule has 1 aromatic heterocycles. The van der Waals surface area contributed by atoms with Gasteiger partial charge in [0.25, 0.3) is 0 Å². The van der Waals surface area contributed by atoms with E-state index in [4.69, 9.17) is 11.6 Å². The van der Waals surface area contributed by atoms with Crippen molar-refractivity contribution in [3.8, 4) is 0 Å². The van der Waals surface area contributed by atoms with Gasteiger partial charge >= 0.3 is 0 Å². The fraction of sp³-hybridized carbons (Fsp3) is 0.286. The molecule has 6 heteroatoms. The highest BCUT2D eigenvalue weighted by Crippen LogP contribution is 2.46. The number of hydrogen-bond donors (Lipinski definition) is 2. The standard InChI is InChI=1S/C21H20ClN3O2/c1-12(19(26)10-13-6-8-14(22)9-7-13)23-21(27)16-11-15(16)20-24-17-4-2-3-5-18(17)25-20/h2-9,12,15-16H,10-11H2,1H3,(H,23,27)(H,24,25). The number of hydrogen-bond acceptors (Lipinski definition) is 3. The van der Waals surface area contributed by atoms with Gasteiger partial charge in [-0.3, -0.25) is 9.59 Å². The maximum absolute atomic E-state index is 12.5. The highest BCUT2D eigenvalue weighted by atomic mass is 35.5. The molecule has 138 valence electrons. The van der Waals surface area contributed by atoms with E-state index < -0.39 is 6.04 Å². The van der Waals surface area contributed by atoms with Gasteiger partial charge in [0.2, 0.25) is 5.91 Å². The van der Waals surface area contributed by atoms with Gasteiger partial charge < -0.3 is 10.3 Å². The third-order valence-corrected chi connectivity index (χ3v) is 5.27. The normalized spacial score (nSPS) is 19.6. The van der Waals surface area contributed by atoms with Crippen molar-refractivity contribution in [1.82, 2.24) is 15.3 Å². The molecule has 3 unspecified atom stereocenters. The van der Waals surface area contributed by atoms with E-state index >= 15 is 0 Å². The number of ketones is 1. The van der Waals surface area contributed by atoms with Gasteiger partial charge in [0, 0.05) is 23.3 Å². The van der Waals surface area contributed by atoms with Crippen molar-refractivity contribution in [2.45, 2.75) is 31.7 Å². The predicted molar refractivity (Wildman–Crippen MR) is 105 cm³/mol. The fourth-order valence-electron chi connectivity index (χ4n) is 3.29. The van der Waals surface area contributed by atoms with Crippen molar-refractivity contribution >= 4 is 34.3 Å². The Hall–Kier alpha value is -2.66. The first-order valence-electron chi connectivity index (χ1n) is 9.03. The number of rotatable bonds is 6. The van der Waals surface area contributed by atoms with Crippen molar-refractivity contribution in [1.29, 1.82) is 0 Å². The zero-order chi connectivity index (χ0) is 19.0. The van der Waals surface area contributed by atoms with Gasteiger partial charge in [-0.05, 0) is 43.2 Å². The Balaban J connectivity index is 1.33. The van der Waals surface area contributed by atoms with Gasteiger partial charge in [-0.25, -0.2) is 4.98 Å². The van der Waals surface area contributed by atoms with Crippen molar-refractivity contribution in [2.75, 3.05) is 0 Å². The summed E-state index contributed by atoms with van der Waals surface area (Å²) >= 11 is 5.86. The van der Waals surface area contributed by atoms with Crippen LogP contribution in [0.15, 0.2) is 48.5 Å². The molecule has 1 amide bonds. The van der Waals surface area contributed by atoms with Gasteiger partial charge in [-0.15, -0.1) is 0 Å². The topological polar surface area (TPSA) is 74.8 Å². The zero-order valence-electron chi connectivity index (χ0n) is 14.9. The number of imidazole rings is 1. The number of H-pyrrole nitrogens is 1. The van der Waals surface area contributed by atoms with Crippen LogP contribution in [0.4, 0.5) is 0 Å². The van der Waals surface area contributed by atoms with E-state index in [1.165, 1.54) is 0 Å². The molecule has 0 bridgehead atoms. The number of para-hydroxylation sites is 2. The van der Waals surface area contributed by atoms with Crippen LogP contribution in [0.2, 0.25) is 5.02 Å². The van der Waals surface area contributed by atoms with Crippen LogP contribution >= 0.6 is 11.6 Å². The predicted octanol–water partition coefficient (Wildman–Crippen LogP) is 3.64. The van der Waals surface area contributed by atoms with Crippen molar-refractivity contribution in [3.63, 3.8) is 0 Å². The Morgan fingerprint density at radius 1 is 1.22 bits per heavy atom. The van der Waals surface area contributed by atoms with Crippen LogP contribution in [-0.4, -0.2) is 27.7 Å². The molecule has 2 aromatic carbocycles. The summed E-state index contributed by atoms with van der Waals surface area (Å²) in [6.45, 7) is 1.73. The molecular formula is C21H20ClN3O2. The second-order valence-electron chi connectivity index (χ2n) is 7.09. The van der Waals surface area contributed by atoms with Gasteiger partial charge in [0.15, 0.2) is 5.78 Å². The number of carbonyl (C=O) groups excluding carboxylic acids is 2. The lowest BCUT2D eigenvalue weighted by Crippen LogP contribution is -2.40.